The Bertz CT molecular complexity index is 1290. The van der Waals surface area contributed by atoms with Gasteiger partial charge in [-0.2, -0.15) is 4.98 Å². The van der Waals surface area contributed by atoms with Gasteiger partial charge in [0.15, 0.2) is 0 Å². The summed E-state index contributed by atoms with van der Waals surface area (Å²) in [5, 5.41) is 0. The molecule has 0 unspecified atom stereocenters. The maximum absolute atomic E-state index is 6.06. The van der Waals surface area contributed by atoms with Gasteiger partial charge in [-0.1, -0.05) is 42.5 Å². The van der Waals surface area contributed by atoms with Crippen molar-refractivity contribution in [1.82, 2.24) is 19.9 Å². The number of rotatable bonds is 10. The van der Waals surface area contributed by atoms with Gasteiger partial charge in [-0.25, -0.2) is 4.98 Å². The Morgan fingerprint density at radius 1 is 0.846 bits per heavy atom. The van der Waals surface area contributed by atoms with Crippen molar-refractivity contribution in [2.75, 3.05) is 29.9 Å². The van der Waals surface area contributed by atoms with Gasteiger partial charge in [0.05, 0.1) is 0 Å². The van der Waals surface area contributed by atoms with Crippen LogP contribution in [0.15, 0.2) is 91.4 Å². The second kappa shape index (κ2) is 12.7. The Morgan fingerprint density at radius 2 is 1.54 bits per heavy atom. The highest BCUT2D eigenvalue weighted by atomic mass is 16.5. The number of ether oxygens (including phenoxy) is 1. The van der Waals surface area contributed by atoms with Gasteiger partial charge < -0.3 is 19.4 Å². The van der Waals surface area contributed by atoms with Crippen LogP contribution in [0.5, 0.6) is 5.88 Å². The molecule has 2 aromatic carbocycles. The maximum Gasteiger partial charge on any atom is 0.229 e. The van der Waals surface area contributed by atoms with Crippen molar-refractivity contribution < 1.29 is 4.74 Å². The molecule has 1 aliphatic rings. The molecule has 1 aliphatic heterocycles. The van der Waals surface area contributed by atoms with Gasteiger partial charge in [-0.3, -0.25) is 4.98 Å². The van der Waals surface area contributed by atoms with Gasteiger partial charge in [0, 0.05) is 74.8 Å². The highest BCUT2D eigenvalue weighted by Crippen LogP contribution is 2.27. The Hall–Kier alpha value is -3.97. The molecular formula is C32H38N6O. The third kappa shape index (κ3) is 6.92. The van der Waals surface area contributed by atoms with Crippen molar-refractivity contribution in [2.24, 2.45) is 0 Å². The normalized spacial score (nSPS) is 14.4. The van der Waals surface area contributed by atoms with Crippen molar-refractivity contribution in [3.8, 4) is 5.88 Å². The van der Waals surface area contributed by atoms with Crippen LogP contribution in [0, 0.1) is 0 Å². The minimum Gasteiger partial charge on any atom is -0.473 e. The number of aromatic nitrogens is 3. The van der Waals surface area contributed by atoms with E-state index in [0.29, 0.717) is 24.6 Å². The standard InChI is InChI=1S/C32H38N6O/c1-25(2)37-21-16-30(17-22-37)38(32-34-20-15-31(35-32)39-24-27-7-5-4-6-8-27)23-26-9-11-28(12-10-26)36(3)29-13-18-33-19-14-29/h4-15,18-20,25,30H,16-17,21-24H2,1-3H3. The lowest BCUT2D eigenvalue weighted by atomic mass is 10.0. The van der Waals surface area contributed by atoms with Gasteiger partial charge >= 0.3 is 0 Å². The van der Waals surface area contributed by atoms with Crippen LogP contribution in [0.1, 0.15) is 37.8 Å². The quantitative estimate of drug-likeness (QED) is 0.249. The molecule has 7 nitrogen and oxygen atoms in total. The van der Waals surface area contributed by atoms with Crippen LogP contribution in [-0.4, -0.2) is 52.1 Å². The lowest BCUT2D eigenvalue weighted by Gasteiger charge is -2.40. The summed E-state index contributed by atoms with van der Waals surface area (Å²) in [5.41, 5.74) is 4.59. The molecule has 202 valence electrons. The molecular weight excluding hydrogens is 484 g/mol. The van der Waals surface area contributed by atoms with E-state index in [1.54, 1.807) is 0 Å². The summed E-state index contributed by atoms with van der Waals surface area (Å²) in [6, 6.07) is 25.8. The van der Waals surface area contributed by atoms with Crippen LogP contribution in [0.25, 0.3) is 0 Å². The number of anilines is 3. The van der Waals surface area contributed by atoms with Gasteiger partial charge in [0.2, 0.25) is 11.8 Å². The molecule has 0 radical (unpaired) electrons. The molecule has 1 fully saturated rings. The van der Waals surface area contributed by atoms with Crippen LogP contribution in [-0.2, 0) is 13.2 Å². The van der Waals surface area contributed by atoms with Crippen LogP contribution in [0.2, 0.25) is 0 Å². The number of benzene rings is 2. The molecule has 0 bridgehead atoms. The molecule has 0 N–H and O–H groups in total. The second-order valence-electron chi connectivity index (χ2n) is 10.4. The first kappa shape index (κ1) is 26.6. The summed E-state index contributed by atoms with van der Waals surface area (Å²) in [7, 11) is 2.08. The highest BCUT2D eigenvalue weighted by molar-refractivity contribution is 5.62. The topological polar surface area (TPSA) is 57.6 Å². The SMILES string of the molecule is CC(C)N1CCC(N(Cc2ccc(N(C)c3ccncc3)cc2)c2nccc(OCc3ccccc3)n2)CC1. The number of piperidine rings is 1. The first-order valence-electron chi connectivity index (χ1n) is 13.8. The zero-order valence-electron chi connectivity index (χ0n) is 23.1. The zero-order chi connectivity index (χ0) is 27.0. The van der Waals surface area contributed by atoms with E-state index in [1.165, 1.54) is 5.56 Å². The molecule has 5 rings (SSSR count). The number of hydrogen-bond donors (Lipinski definition) is 0. The number of likely N-dealkylation sites (tertiary alicyclic amines) is 1. The maximum atomic E-state index is 6.06. The van der Waals surface area contributed by atoms with E-state index in [2.05, 4.69) is 77.0 Å². The average molecular weight is 523 g/mol. The first-order chi connectivity index (χ1) is 19.1. The molecule has 0 amide bonds. The molecule has 1 saturated heterocycles. The number of nitrogens with zero attached hydrogens (tertiary/aromatic N) is 6. The summed E-state index contributed by atoms with van der Waals surface area (Å²) in [6.45, 7) is 7.94. The monoisotopic (exact) mass is 522 g/mol. The average Bonchev–Trinajstić information content (AvgIpc) is 3.00. The van der Waals surface area contributed by atoms with E-state index in [4.69, 9.17) is 14.7 Å². The van der Waals surface area contributed by atoms with Crippen LogP contribution in [0.4, 0.5) is 17.3 Å². The summed E-state index contributed by atoms with van der Waals surface area (Å²) >= 11 is 0. The van der Waals surface area contributed by atoms with Gasteiger partial charge in [0.1, 0.15) is 6.61 Å². The first-order valence-corrected chi connectivity index (χ1v) is 13.8. The lowest BCUT2D eigenvalue weighted by molar-refractivity contribution is 0.168. The second-order valence-corrected chi connectivity index (χ2v) is 10.4. The van der Waals surface area contributed by atoms with Crippen molar-refractivity contribution in [1.29, 1.82) is 0 Å². The van der Waals surface area contributed by atoms with Crippen LogP contribution < -0.4 is 14.5 Å². The Kier molecular flexibility index (Phi) is 8.68. The molecule has 3 heterocycles. The van der Waals surface area contributed by atoms with Crippen LogP contribution in [0.3, 0.4) is 0 Å². The predicted molar refractivity (Wildman–Crippen MR) is 157 cm³/mol. The van der Waals surface area contributed by atoms with Crippen molar-refractivity contribution in [2.45, 2.75) is 51.9 Å². The van der Waals surface area contributed by atoms with Gasteiger partial charge in [-0.15, -0.1) is 0 Å². The third-order valence-electron chi connectivity index (χ3n) is 7.50. The molecule has 0 saturated carbocycles. The zero-order valence-corrected chi connectivity index (χ0v) is 23.1. The minimum absolute atomic E-state index is 0.364. The summed E-state index contributed by atoms with van der Waals surface area (Å²) in [5.74, 6) is 1.32. The largest absolute Gasteiger partial charge is 0.473 e. The molecule has 7 heteroatoms. The summed E-state index contributed by atoms with van der Waals surface area (Å²) in [6.07, 6.45) is 7.62. The van der Waals surface area contributed by atoms with E-state index in [-0.39, 0.29) is 0 Å². The molecule has 0 aliphatic carbocycles. The fourth-order valence-electron chi connectivity index (χ4n) is 5.10. The molecule has 39 heavy (non-hydrogen) atoms. The summed E-state index contributed by atoms with van der Waals surface area (Å²) in [4.78, 5) is 20.8. The van der Waals surface area contributed by atoms with E-state index >= 15 is 0 Å². The Morgan fingerprint density at radius 3 is 2.23 bits per heavy atom. The molecule has 2 aromatic heterocycles. The van der Waals surface area contributed by atoms with E-state index in [0.717, 1.165) is 55.4 Å². The summed E-state index contributed by atoms with van der Waals surface area (Å²) < 4.78 is 6.06. The minimum atomic E-state index is 0.364. The lowest BCUT2D eigenvalue weighted by Crippen LogP contribution is -2.47. The predicted octanol–water partition coefficient (Wildman–Crippen LogP) is 6.10. The van der Waals surface area contributed by atoms with Crippen molar-refractivity contribution in [3.05, 3.63) is 103 Å². The van der Waals surface area contributed by atoms with Crippen molar-refractivity contribution >= 4 is 17.3 Å². The Balaban J connectivity index is 1.34. The highest BCUT2D eigenvalue weighted by Gasteiger charge is 2.28. The van der Waals surface area contributed by atoms with E-state index < -0.39 is 0 Å². The molecule has 0 spiro atoms. The smallest absolute Gasteiger partial charge is 0.229 e. The number of hydrogen-bond acceptors (Lipinski definition) is 7. The molecule has 4 aromatic rings. The van der Waals surface area contributed by atoms with Crippen molar-refractivity contribution in [3.63, 3.8) is 0 Å². The van der Waals surface area contributed by atoms with Gasteiger partial charge in [-0.05, 0) is 62.1 Å². The Labute approximate surface area is 232 Å². The van der Waals surface area contributed by atoms with Gasteiger partial charge in [0.25, 0.3) is 0 Å². The third-order valence-corrected chi connectivity index (χ3v) is 7.50. The fourth-order valence-corrected chi connectivity index (χ4v) is 5.10. The van der Waals surface area contributed by atoms with E-state index in [9.17, 15) is 0 Å². The number of pyridine rings is 1. The fraction of sp³-hybridized carbons (Fsp3) is 0.344. The van der Waals surface area contributed by atoms with Crippen LogP contribution >= 0.6 is 0 Å². The van der Waals surface area contributed by atoms with E-state index in [1.807, 2.05) is 55.0 Å². The molecule has 0 atom stereocenters.